The molecular weight excluding hydrogens is 458 g/mol. The highest BCUT2D eigenvalue weighted by Gasteiger charge is 2.18. The summed E-state index contributed by atoms with van der Waals surface area (Å²) in [6.07, 6.45) is 0.886. The van der Waals surface area contributed by atoms with E-state index in [1.54, 1.807) is 0 Å². The summed E-state index contributed by atoms with van der Waals surface area (Å²) in [5.74, 6) is 1.64. The summed E-state index contributed by atoms with van der Waals surface area (Å²) >= 11 is 6.81. The van der Waals surface area contributed by atoms with Crippen molar-refractivity contribution in [3.8, 4) is 33.3 Å². The first kappa shape index (κ1) is 21.0. The summed E-state index contributed by atoms with van der Waals surface area (Å²) in [7, 11) is 0. The molecule has 0 atom stereocenters. The number of ether oxygens (including phenoxy) is 1. The number of hydrogen-bond acceptors (Lipinski definition) is 8. The summed E-state index contributed by atoms with van der Waals surface area (Å²) in [5, 5.41) is 34.3. The molecule has 0 amide bonds. The minimum atomic E-state index is 0.206. The average Bonchev–Trinajstić information content (AvgIpc) is 3.58. The minimum Gasteiger partial charge on any atom is -0.506 e. The molecule has 0 aliphatic carbocycles. The number of rotatable bonds is 5. The van der Waals surface area contributed by atoms with E-state index in [1.807, 2.05) is 48.7 Å². The van der Waals surface area contributed by atoms with Gasteiger partial charge in [-0.1, -0.05) is 0 Å². The molecular formula is C22H19N7O2S2. The van der Waals surface area contributed by atoms with Gasteiger partial charge in [-0.15, -0.1) is 21.5 Å². The molecule has 33 heavy (non-hydrogen) atoms. The Morgan fingerprint density at radius 1 is 1.21 bits per heavy atom. The summed E-state index contributed by atoms with van der Waals surface area (Å²) < 4.78 is 5.57. The highest BCUT2D eigenvalue weighted by molar-refractivity contribution is 7.80. The lowest BCUT2D eigenvalue weighted by molar-refractivity contribution is 0.357. The van der Waals surface area contributed by atoms with Gasteiger partial charge in [-0.25, -0.2) is 0 Å². The third kappa shape index (κ3) is 4.41. The van der Waals surface area contributed by atoms with Crippen molar-refractivity contribution in [3.05, 3.63) is 59.0 Å². The molecule has 0 fully saturated rings. The number of H-pyrrole nitrogens is 1. The third-order valence-corrected chi connectivity index (χ3v) is 6.39. The molecule has 0 unspecified atom stereocenters. The lowest BCUT2D eigenvalue weighted by Crippen LogP contribution is -2.24. The first-order chi connectivity index (χ1) is 16.1. The number of hydrogen-bond donors (Lipinski definition) is 4. The molecule has 1 aliphatic rings. The molecule has 0 saturated carbocycles. The second kappa shape index (κ2) is 8.96. The fourth-order valence-electron chi connectivity index (χ4n) is 3.48. The molecule has 9 nitrogen and oxygen atoms in total. The van der Waals surface area contributed by atoms with Crippen LogP contribution in [0.5, 0.6) is 11.5 Å². The number of nitrogens with zero attached hydrogens (tertiary/aromatic N) is 4. The maximum Gasteiger partial charge on any atom is 0.204 e. The van der Waals surface area contributed by atoms with E-state index in [4.69, 9.17) is 17.0 Å². The summed E-state index contributed by atoms with van der Waals surface area (Å²) in [6, 6.07) is 13.4. The van der Waals surface area contributed by atoms with Crippen molar-refractivity contribution in [2.24, 2.45) is 5.10 Å². The fourth-order valence-corrected chi connectivity index (χ4v) is 4.65. The Labute approximate surface area is 198 Å². The van der Waals surface area contributed by atoms with Crippen LogP contribution in [0.1, 0.15) is 18.1 Å². The van der Waals surface area contributed by atoms with Crippen molar-refractivity contribution in [1.82, 2.24) is 26.0 Å². The van der Waals surface area contributed by atoms with E-state index in [2.05, 4.69) is 42.5 Å². The van der Waals surface area contributed by atoms with Gasteiger partial charge >= 0.3 is 0 Å². The van der Waals surface area contributed by atoms with Crippen LogP contribution in [0, 0.1) is 0 Å². The van der Waals surface area contributed by atoms with E-state index in [9.17, 15) is 5.11 Å². The number of aromatic hydroxyl groups is 1. The maximum atomic E-state index is 10.8. The molecule has 2 aromatic carbocycles. The molecule has 3 heterocycles. The lowest BCUT2D eigenvalue weighted by Gasteiger charge is -2.08. The van der Waals surface area contributed by atoms with Crippen molar-refractivity contribution >= 4 is 40.1 Å². The molecule has 166 valence electrons. The zero-order chi connectivity index (χ0) is 22.8. The predicted molar refractivity (Wildman–Crippen MR) is 132 cm³/mol. The summed E-state index contributed by atoms with van der Waals surface area (Å²) in [5.41, 5.74) is 7.86. The van der Waals surface area contributed by atoms with Crippen LogP contribution < -0.4 is 15.5 Å². The van der Waals surface area contributed by atoms with E-state index in [-0.39, 0.29) is 5.75 Å². The molecule has 4 N–H and O–H groups in total. The van der Waals surface area contributed by atoms with Crippen LogP contribution in [0.15, 0.2) is 52.9 Å². The minimum absolute atomic E-state index is 0.206. The SMILES string of the molecule is C/C(=N\NC(=S)Nc1ccc(-c2nn[nH]n2)cc1)c1csc(-c2ccc3c(c2)CCO3)c1O. The van der Waals surface area contributed by atoms with Crippen LogP contribution in [-0.4, -0.2) is 43.2 Å². The Kier molecular flexibility index (Phi) is 5.71. The first-order valence-electron chi connectivity index (χ1n) is 10.1. The zero-order valence-corrected chi connectivity index (χ0v) is 19.1. The quantitative estimate of drug-likeness (QED) is 0.194. The number of tetrazole rings is 1. The van der Waals surface area contributed by atoms with Crippen molar-refractivity contribution < 1.29 is 9.84 Å². The van der Waals surface area contributed by atoms with Gasteiger partial charge in [-0.2, -0.15) is 10.3 Å². The van der Waals surface area contributed by atoms with Gasteiger partial charge in [0.25, 0.3) is 0 Å². The lowest BCUT2D eigenvalue weighted by atomic mass is 10.1. The topological polar surface area (TPSA) is 120 Å². The second-order valence-corrected chi connectivity index (χ2v) is 8.61. The predicted octanol–water partition coefficient (Wildman–Crippen LogP) is 3.95. The first-order valence-corrected chi connectivity index (χ1v) is 11.4. The van der Waals surface area contributed by atoms with Crippen LogP contribution >= 0.6 is 23.6 Å². The standard InChI is InChI=1S/C22H19N7O2S2/c1-12(17-11-33-20(19(17)30)15-4-7-18-14(10-15)8-9-31-18)24-27-22(32)23-16-5-2-13(3-6-16)21-25-28-29-26-21/h2-7,10-11,30H,8-9H2,1H3,(H2,23,27,32)(H,25,26,28,29)/b24-12+. The number of thiocarbonyl (C=S) groups is 1. The molecule has 0 bridgehead atoms. The number of aromatic amines is 1. The number of anilines is 1. The van der Waals surface area contributed by atoms with E-state index in [1.165, 1.54) is 11.3 Å². The summed E-state index contributed by atoms with van der Waals surface area (Å²) in [4.78, 5) is 0.802. The Morgan fingerprint density at radius 2 is 2.03 bits per heavy atom. The number of benzene rings is 2. The third-order valence-electron chi connectivity index (χ3n) is 5.18. The monoisotopic (exact) mass is 477 g/mol. The number of fused-ring (bicyclic) bond motifs is 1. The van der Waals surface area contributed by atoms with Gasteiger partial charge in [0.2, 0.25) is 5.82 Å². The zero-order valence-electron chi connectivity index (χ0n) is 17.5. The van der Waals surface area contributed by atoms with Crippen LogP contribution in [0.2, 0.25) is 0 Å². The van der Waals surface area contributed by atoms with E-state index in [0.717, 1.165) is 39.4 Å². The van der Waals surface area contributed by atoms with Gasteiger partial charge in [0, 0.05) is 23.1 Å². The number of hydrazone groups is 1. The Bertz CT molecular complexity index is 1330. The normalized spacial score (nSPS) is 12.8. The van der Waals surface area contributed by atoms with Crippen LogP contribution in [0.4, 0.5) is 5.69 Å². The molecule has 1 aliphatic heterocycles. The Morgan fingerprint density at radius 3 is 2.82 bits per heavy atom. The van der Waals surface area contributed by atoms with Crippen molar-refractivity contribution in [3.63, 3.8) is 0 Å². The van der Waals surface area contributed by atoms with E-state index in [0.29, 0.717) is 28.8 Å². The van der Waals surface area contributed by atoms with Gasteiger partial charge in [0.1, 0.15) is 11.5 Å². The van der Waals surface area contributed by atoms with Crippen molar-refractivity contribution in [2.45, 2.75) is 13.3 Å². The molecule has 5 rings (SSSR count). The Hall–Kier alpha value is -3.83. The number of aromatic nitrogens is 4. The summed E-state index contributed by atoms with van der Waals surface area (Å²) in [6.45, 7) is 2.52. The molecule has 11 heteroatoms. The van der Waals surface area contributed by atoms with Crippen LogP contribution in [0.25, 0.3) is 21.8 Å². The van der Waals surface area contributed by atoms with Crippen molar-refractivity contribution in [1.29, 1.82) is 0 Å². The largest absolute Gasteiger partial charge is 0.506 e. The molecule has 0 spiro atoms. The maximum absolute atomic E-state index is 10.8. The molecule has 0 radical (unpaired) electrons. The number of nitrogens with one attached hydrogen (secondary N) is 3. The Balaban J connectivity index is 1.24. The molecule has 0 saturated heterocycles. The smallest absolute Gasteiger partial charge is 0.204 e. The van der Waals surface area contributed by atoms with Gasteiger partial charge in [-0.05, 0) is 77.9 Å². The van der Waals surface area contributed by atoms with Crippen LogP contribution in [-0.2, 0) is 6.42 Å². The molecule has 2 aromatic heterocycles. The average molecular weight is 478 g/mol. The number of thiophene rings is 1. The van der Waals surface area contributed by atoms with Gasteiger partial charge in [0.15, 0.2) is 5.11 Å². The fraction of sp³-hybridized carbons (Fsp3) is 0.136. The van der Waals surface area contributed by atoms with E-state index < -0.39 is 0 Å². The second-order valence-electron chi connectivity index (χ2n) is 7.32. The van der Waals surface area contributed by atoms with Gasteiger partial charge in [-0.3, -0.25) is 5.43 Å². The van der Waals surface area contributed by atoms with E-state index >= 15 is 0 Å². The van der Waals surface area contributed by atoms with Gasteiger partial charge in [0.05, 0.1) is 22.8 Å². The van der Waals surface area contributed by atoms with Crippen LogP contribution in [0.3, 0.4) is 0 Å². The molecule has 4 aromatic rings. The highest BCUT2D eigenvalue weighted by Crippen LogP contribution is 2.40. The highest BCUT2D eigenvalue weighted by atomic mass is 32.1. The van der Waals surface area contributed by atoms with Crippen molar-refractivity contribution in [2.75, 3.05) is 11.9 Å². The van der Waals surface area contributed by atoms with Gasteiger partial charge < -0.3 is 15.2 Å².